The number of fused-ring (bicyclic) bond motifs is 1. The maximum absolute atomic E-state index is 12.1. The van der Waals surface area contributed by atoms with Crippen molar-refractivity contribution < 1.29 is 0 Å². The lowest BCUT2D eigenvalue weighted by atomic mass is 10.3. The normalized spacial score (nSPS) is 14.0. The lowest BCUT2D eigenvalue weighted by Crippen LogP contribution is -2.18. The molecule has 2 aromatic rings. The Kier molecular flexibility index (Phi) is 2.32. The van der Waals surface area contributed by atoms with Gasteiger partial charge in [-0.3, -0.25) is 9.89 Å². The predicted molar refractivity (Wildman–Crippen MR) is 66.5 cm³/mol. The summed E-state index contributed by atoms with van der Waals surface area (Å²) in [6.07, 6.45) is 0. The van der Waals surface area contributed by atoms with E-state index >= 15 is 0 Å². The van der Waals surface area contributed by atoms with Gasteiger partial charge in [-0.15, -0.1) is 0 Å². The number of rotatable bonds is 1. The fraction of sp³-hybridized carbons (Fsp3) is 0.364. The summed E-state index contributed by atoms with van der Waals surface area (Å²) in [6.45, 7) is 3.73. The number of hydrogen-bond donors (Lipinski definition) is 1. The van der Waals surface area contributed by atoms with Gasteiger partial charge in [-0.25, -0.2) is 14.6 Å². The largest absolute Gasteiger partial charge is 0.292 e. The van der Waals surface area contributed by atoms with E-state index < -0.39 is 0 Å². The fourth-order valence-corrected chi connectivity index (χ4v) is 3.06. The Morgan fingerprint density at radius 1 is 1.35 bits per heavy atom. The maximum atomic E-state index is 12.1. The summed E-state index contributed by atoms with van der Waals surface area (Å²) in [6, 6.07) is 1.81. The minimum absolute atomic E-state index is 0.0162. The second-order valence-electron chi connectivity index (χ2n) is 4.12. The van der Waals surface area contributed by atoms with Crippen LogP contribution in [0, 0.1) is 13.8 Å². The lowest BCUT2D eigenvalue weighted by Gasteiger charge is -2.03. The van der Waals surface area contributed by atoms with Gasteiger partial charge in [-0.05, 0) is 13.8 Å². The van der Waals surface area contributed by atoms with Crippen LogP contribution in [0.15, 0.2) is 10.9 Å². The van der Waals surface area contributed by atoms with E-state index in [1.54, 1.807) is 11.8 Å². The van der Waals surface area contributed by atoms with E-state index in [0.717, 1.165) is 28.5 Å². The molecular formula is C11H12N4OS. The fourth-order valence-electron chi connectivity index (χ4n) is 2.01. The minimum Gasteiger partial charge on any atom is -0.292 e. The van der Waals surface area contributed by atoms with Crippen LogP contribution in [0.1, 0.15) is 22.8 Å². The van der Waals surface area contributed by atoms with E-state index in [4.69, 9.17) is 0 Å². The van der Waals surface area contributed by atoms with Crippen molar-refractivity contribution in [3.8, 4) is 5.82 Å². The molecule has 6 heteroatoms. The van der Waals surface area contributed by atoms with E-state index in [9.17, 15) is 4.79 Å². The van der Waals surface area contributed by atoms with Crippen molar-refractivity contribution >= 4 is 11.8 Å². The van der Waals surface area contributed by atoms with Crippen molar-refractivity contribution in [1.82, 2.24) is 19.7 Å². The smallest absolute Gasteiger partial charge is 0.276 e. The Morgan fingerprint density at radius 2 is 2.18 bits per heavy atom. The number of H-pyrrole nitrogens is 1. The first-order chi connectivity index (χ1) is 8.15. The van der Waals surface area contributed by atoms with Crippen LogP contribution in [0.3, 0.4) is 0 Å². The second-order valence-corrected chi connectivity index (χ2v) is 5.10. The summed E-state index contributed by atoms with van der Waals surface area (Å²) in [5, 5.41) is 3.13. The molecule has 0 aromatic carbocycles. The van der Waals surface area contributed by atoms with Gasteiger partial charge < -0.3 is 0 Å². The van der Waals surface area contributed by atoms with Crippen LogP contribution in [-0.2, 0) is 11.5 Å². The van der Waals surface area contributed by atoms with Gasteiger partial charge in [0.15, 0.2) is 5.82 Å². The first kappa shape index (κ1) is 10.6. The molecule has 0 unspecified atom stereocenters. The summed E-state index contributed by atoms with van der Waals surface area (Å²) in [4.78, 5) is 20.6. The molecule has 88 valence electrons. The molecule has 1 N–H and O–H groups in total. The molecule has 0 radical (unpaired) electrons. The monoisotopic (exact) mass is 248 g/mol. The first-order valence-corrected chi connectivity index (χ1v) is 6.54. The minimum atomic E-state index is 0.0162. The summed E-state index contributed by atoms with van der Waals surface area (Å²) in [5.41, 5.74) is 2.78. The van der Waals surface area contributed by atoms with E-state index in [1.807, 2.05) is 19.9 Å². The van der Waals surface area contributed by atoms with Gasteiger partial charge in [0.25, 0.3) is 5.56 Å². The van der Waals surface area contributed by atoms with Crippen molar-refractivity contribution in [2.75, 3.05) is 0 Å². The Balaban J connectivity index is 2.19. The molecule has 0 fully saturated rings. The van der Waals surface area contributed by atoms with Gasteiger partial charge in [0.1, 0.15) is 5.82 Å². The van der Waals surface area contributed by atoms with E-state index in [2.05, 4.69) is 15.1 Å². The summed E-state index contributed by atoms with van der Waals surface area (Å²) < 4.78 is 1.52. The third-order valence-electron chi connectivity index (χ3n) is 2.75. The average molecular weight is 248 g/mol. The average Bonchev–Trinajstić information content (AvgIpc) is 2.80. The summed E-state index contributed by atoms with van der Waals surface area (Å²) in [5.74, 6) is 2.97. The van der Waals surface area contributed by atoms with Crippen molar-refractivity contribution in [3.05, 3.63) is 39.2 Å². The van der Waals surface area contributed by atoms with Crippen molar-refractivity contribution in [1.29, 1.82) is 0 Å². The third kappa shape index (κ3) is 1.68. The Labute approximate surface area is 102 Å². The third-order valence-corrected chi connectivity index (χ3v) is 3.73. The van der Waals surface area contributed by atoms with E-state index in [-0.39, 0.29) is 5.56 Å². The van der Waals surface area contributed by atoms with Crippen LogP contribution < -0.4 is 5.56 Å². The number of aromatic amines is 1. The van der Waals surface area contributed by atoms with Crippen LogP contribution in [0.5, 0.6) is 0 Å². The number of aromatic nitrogens is 4. The number of aryl methyl sites for hydroxylation is 2. The summed E-state index contributed by atoms with van der Waals surface area (Å²) in [7, 11) is 0. The molecule has 0 saturated heterocycles. The zero-order chi connectivity index (χ0) is 12.0. The molecule has 17 heavy (non-hydrogen) atoms. The Morgan fingerprint density at radius 3 is 2.88 bits per heavy atom. The molecule has 0 spiro atoms. The SMILES string of the molecule is Cc1cc(-n2[nH]c3c(c2=O)CSC3)nc(C)n1. The topological polar surface area (TPSA) is 63.6 Å². The molecule has 0 bridgehead atoms. The molecule has 5 nitrogen and oxygen atoms in total. The highest BCUT2D eigenvalue weighted by Crippen LogP contribution is 2.26. The molecule has 1 aliphatic rings. The molecule has 2 aromatic heterocycles. The number of thioether (sulfide) groups is 1. The standard InChI is InChI=1S/C11H12N4OS/c1-6-3-10(13-7(2)12-6)15-11(16)8-4-17-5-9(8)14-15/h3,14H,4-5H2,1-2H3. The Bertz CT molecular complexity index is 623. The first-order valence-electron chi connectivity index (χ1n) is 5.38. The molecule has 0 amide bonds. The van der Waals surface area contributed by atoms with Crippen molar-refractivity contribution in [2.24, 2.45) is 0 Å². The van der Waals surface area contributed by atoms with Crippen LogP contribution in [-0.4, -0.2) is 19.7 Å². The van der Waals surface area contributed by atoms with E-state index in [1.165, 1.54) is 4.68 Å². The quantitative estimate of drug-likeness (QED) is 0.826. The molecule has 3 rings (SSSR count). The molecule has 0 aliphatic carbocycles. The molecule has 0 saturated carbocycles. The highest BCUT2D eigenvalue weighted by Gasteiger charge is 2.20. The number of nitrogens with zero attached hydrogens (tertiary/aromatic N) is 3. The van der Waals surface area contributed by atoms with Crippen LogP contribution >= 0.6 is 11.8 Å². The highest BCUT2D eigenvalue weighted by molar-refractivity contribution is 7.98. The van der Waals surface area contributed by atoms with Gasteiger partial charge >= 0.3 is 0 Å². The van der Waals surface area contributed by atoms with Crippen molar-refractivity contribution in [3.63, 3.8) is 0 Å². The van der Waals surface area contributed by atoms with Gasteiger partial charge in [-0.2, -0.15) is 11.8 Å². The van der Waals surface area contributed by atoms with Crippen LogP contribution in [0.4, 0.5) is 0 Å². The number of nitrogens with one attached hydrogen (secondary N) is 1. The Hall–Kier alpha value is -1.56. The lowest BCUT2D eigenvalue weighted by molar-refractivity contribution is 0.786. The van der Waals surface area contributed by atoms with Gasteiger partial charge in [0.05, 0.1) is 11.3 Å². The number of hydrogen-bond acceptors (Lipinski definition) is 4. The summed E-state index contributed by atoms with van der Waals surface area (Å²) >= 11 is 1.76. The zero-order valence-electron chi connectivity index (χ0n) is 9.65. The zero-order valence-corrected chi connectivity index (χ0v) is 10.5. The maximum Gasteiger partial charge on any atom is 0.276 e. The second kappa shape index (κ2) is 3.73. The molecular weight excluding hydrogens is 236 g/mol. The van der Waals surface area contributed by atoms with Crippen LogP contribution in [0.25, 0.3) is 5.82 Å². The van der Waals surface area contributed by atoms with Crippen molar-refractivity contribution in [2.45, 2.75) is 25.4 Å². The van der Waals surface area contributed by atoms with Gasteiger partial charge in [0, 0.05) is 23.3 Å². The molecule has 0 atom stereocenters. The molecule has 3 heterocycles. The van der Waals surface area contributed by atoms with Gasteiger partial charge in [-0.1, -0.05) is 0 Å². The van der Waals surface area contributed by atoms with Gasteiger partial charge in [0.2, 0.25) is 0 Å². The van der Waals surface area contributed by atoms with E-state index in [0.29, 0.717) is 11.6 Å². The highest BCUT2D eigenvalue weighted by atomic mass is 32.2. The van der Waals surface area contributed by atoms with Crippen LogP contribution in [0.2, 0.25) is 0 Å². The predicted octanol–water partition coefficient (Wildman–Crippen LogP) is 1.32. The molecule has 1 aliphatic heterocycles.